The summed E-state index contributed by atoms with van der Waals surface area (Å²) in [5, 5.41) is 13.0. The third-order valence-electron chi connectivity index (χ3n) is 2.63. The van der Waals surface area contributed by atoms with E-state index in [-0.39, 0.29) is 5.75 Å². The highest BCUT2D eigenvalue weighted by atomic mass is 16.5. The van der Waals surface area contributed by atoms with E-state index in [1.807, 2.05) is 55.6 Å². The molecule has 98 valence electrons. The Labute approximate surface area is 113 Å². The van der Waals surface area contributed by atoms with Crippen molar-refractivity contribution in [3.63, 3.8) is 0 Å². The maximum Gasteiger partial charge on any atom is 0.135 e. The molecule has 0 unspecified atom stereocenters. The zero-order valence-corrected chi connectivity index (χ0v) is 10.8. The van der Waals surface area contributed by atoms with Gasteiger partial charge in [0.2, 0.25) is 0 Å². The van der Waals surface area contributed by atoms with E-state index in [9.17, 15) is 5.11 Å². The van der Waals surface area contributed by atoms with Crippen LogP contribution >= 0.6 is 0 Å². The number of hydrogen-bond acceptors (Lipinski definition) is 3. The summed E-state index contributed by atoms with van der Waals surface area (Å²) in [6, 6.07) is 16.7. The third kappa shape index (κ3) is 3.60. The number of benzene rings is 2. The van der Waals surface area contributed by atoms with Crippen LogP contribution < -0.4 is 10.1 Å². The first-order chi connectivity index (χ1) is 9.31. The molecule has 2 aromatic rings. The largest absolute Gasteiger partial charge is 0.507 e. The Morgan fingerprint density at radius 3 is 2.47 bits per heavy atom. The van der Waals surface area contributed by atoms with Gasteiger partial charge in [-0.3, -0.25) is 0 Å². The fourth-order valence-electron chi connectivity index (χ4n) is 1.70. The highest BCUT2D eigenvalue weighted by Crippen LogP contribution is 2.27. The number of aromatic hydroxyl groups is 1. The van der Waals surface area contributed by atoms with E-state index in [2.05, 4.69) is 5.32 Å². The molecule has 0 aliphatic rings. The number of phenols is 1. The molecular weight excluding hydrogens is 238 g/mol. The monoisotopic (exact) mass is 255 g/mol. The summed E-state index contributed by atoms with van der Waals surface area (Å²) in [4.78, 5) is 0. The summed E-state index contributed by atoms with van der Waals surface area (Å²) in [5.74, 6) is 1.59. The maximum absolute atomic E-state index is 9.92. The Morgan fingerprint density at radius 1 is 1.11 bits per heavy atom. The third-order valence-corrected chi connectivity index (χ3v) is 2.63. The summed E-state index contributed by atoms with van der Waals surface area (Å²) >= 11 is 0. The Bertz CT molecular complexity index is 550. The SMILES string of the molecule is CNC/C=C(/Oc1ccccc1)c1ccccc1O. The van der Waals surface area contributed by atoms with Crippen molar-refractivity contribution in [1.82, 2.24) is 5.32 Å². The molecule has 3 heteroatoms. The summed E-state index contributed by atoms with van der Waals surface area (Å²) in [7, 11) is 1.86. The summed E-state index contributed by atoms with van der Waals surface area (Å²) in [6.45, 7) is 0.663. The van der Waals surface area contributed by atoms with E-state index in [0.717, 1.165) is 5.75 Å². The number of likely N-dealkylation sites (N-methyl/N-ethyl adjacent to an activating group) is 1. The number of hydrogen-bond donors (Lipinski definition) is 2. The van der Waals surface area contributed by atoms with E-state index >= 15 is 0 Å². The molecule has 0 aliphatic heterocycles. The molecule has 0 aliphatic carbocycles. The van der Waals surface area contributed by atoms with Gasteiger partial charge in [0, 0.05) is 6.54 Å². The lowest BCUT2D eigenvalue weighted by atomic mass is 10.1. The average Bonchev–Trinajstić information content (AvgIpc) is 2.45. The number of para-hydroxylation sites is 2. The topological polar surface area (TPSA) is 41.5 Å². The normalized spacial score (nSPS) is 11.3. The molecule has 0 amide bonds. The average molecular weight is 255 g/mol. The maximum atomic E-state index is 9.92. The van der Waals surface area contributed by atoms with Crippen LogP contribution in [0.5, 0.6) is 11.5 Å². The van der Waals surface area contributed by atoms with Crippen molar-refractivity contribution in [2.75, 3.05) is 13.6 Å². The predicted octanol–water partition coefficient (Wildman–Crippen LogP) is 3.03. The van der Waals surface area contributed by atoms with Gasteiger partial charge < -0.3 is 15.2 Å². The standard InChI is InChI=1S/C16H17NO2/c1-17-12-11-16(14-9-5-6-10-15(14)18)19-13-7-3-2-4-8-13/h2-11,17-18H,12H2,1H3/b16-11+. The van der Waals surface area contributed by atoms with Crippen LogP contribution in [0.3, 0.4) is 0 Å². The molecule has 3 nitrogen and oxygen atoms in total. The summed E-state index contributed by atoms with van der Waals surface area (Å²) < 4.78 is 5.84. The Kier molecular flexibility index (Phi) is 4.59. The Balaban J connectivity index is 2.30. The van der Waals surface area contributed by atoms with E-state index in [0.29, 0.717) is 17.9 Å². The van der Waals surface area contributed by atoms with Crippen LogP contribution in [0.15, 0.2) is 60.7 Å². The molecule has 0 fully saturated rings. The molecule has 19 heavy (non-hydrogen) atoms. The van der Waals surface area contributed by atoms with Crippen LogP contribution in [-0.4, -0.2) is 18.7 Å². The van der Waals surface area contributed by atoms with E-state index in [1.54, 1.807) is 12.1 Å². The van der Waals surface area contributed by atoms with Crippen LogP contribution in [0.1, 0.15) is 5.56 Å². The van der Waals surface area contributed by atoms with Crippen molar-refractivity contribution in [2.45, 2.75) is 0 Å². The van der Waals surface area contributed by atoms with Crippen molar-refractivity contribution >= 4 is 5.76 Å². The smallest absolute Gasteiger partial charge is 0.135 e. The second-order valence-electron chi connectivity index (χ2n) is 4.06. The first kappa shape index (κ1) is 13.2. The molecule has 0 heterocycles. The van der Waals surface area contributed by atoms with Gasteiger partial charge in [0.15, 0.2) is 0 Å². The molecule has 0 atom stereocenters. The lowest BCUT2D eigenvalue weighted by Gasteiger charge is -2.12. The van der Waals surface area contributed by atoms with Gasteiger partial charge in [-0.2, -0.15) is 0 Å². The van der Waals surface area contributed by atoms with Crippen LogP contribution in [0.25, 0.3) is 5.76 Å². The molecule has 2 aromatic carbocycles. The Hall–Kier alpha value is -2.26. The predicted molar refractivity (Wildman–Crippen MR) is 77.1 cm³/mol. The van der Waals surface area contributed by atoms with E-state index < -0.39 is 0 Å². The van der Waals surface area contributed by atoms with Gasteiger partial charge in [-0.25, -0.2) is 0 Å². The van der Waals surface area contributed by atoms with Crippen molar-refractivity contribution < 1.29 is 9.84 Å². The lowest BCUT2D eigenvalue weighted by Crippen LogP contribution is -2.07. The van der Waals surface area contributed by atoms with Crippen LogP contribution in [0.4, 0.5) is 0 Å². The van der Waals surface area contributed by atoms with E-state index in [1.165, 1.54) is 0 Å². The van der Waals surface area contributed by atoms with Gasteiger partial charge in [0.1, 0.15) is 17.3 Å². The van der Waals surface area contributed by atoms with Crippen LogP contribution in [0.2, 0.25) is 0 Å². The molecule has 0 radical (unpaired) electrons. The van der Waals surface area contributed by atoms with Crippen molar-refractivity contribution in [1.29, 1.82) is 0 Å². The molecule has 0 saturated carbocycles. The molecule has 2 N–H and O–H groups in total. The highest BCUT2D eigenvalue weighted by Gasteiger charge is 2.08. The number of rotatable bonds is 5. The van der Waals surface area contributed by atoms with Crippen LogP contribution in [0, 0.1) is 0 Å². The minimum atomic E-state index is 0.209. The number of phenolic OH excluding ortho intramolecular Hbond substituents is 1. The van der Waals surface area contributed by atoms with Gasteiger partial charge >= 0.3 is 0 Å². The molecular formula is C16H17NO2. The van der Waals surface area contributed by atoms with Crippen molar-refractivity contribution in [2.24, 2.45) is 0 Å². The molecule has 0 bridgehead atoms. The van der Waals surface area contributed by atoms with Gasteiger partial charge in [0.25, 0.3) is 0 Å². The quantitative estimate of drug-likeness (QED) is 0.807. The molecule has 0 spiro atoms. The van der Waals surface area contributed by atoms with Crippen molar-refractivity contribution in [3.8, 4) is 11.5 Å². The summed E-state index contributed by atoms with van der Waals surface area (Å²) in [5.41, 5.74) is 0.682. The minimum Gasteiger partial charge on any atom is -0.507 e. The van der Waals surface area contributed by atoms with Crippen LogP contribution in [-0.2, 0) is 0 Å². The summed E-state index contributed by atoms with van der Waals surface area (Å²) in [6.07, 6.45) is 1.90. The lowest BCUT2D eigenvalue weighted by molar-refractivity contribution is 0.461. The first-order valence-corrected chi connectivity index (χ1v) is 6.17. The minimum absolute atomic E-state index is 0.209. The zero-order chi connectivity index (χ0) is 13.5. The fourth-order valence-corrected chi connectivity index (χ4v) is 1.70. The van der Waals surface area contributed by atoms with Gasteiger partial charge in [-0.05, 0) is 37.4 Å². The van der Waals surface area contributed by atoms with Crippen molar-refractivity contribution in [3.05, 3.63) is 66.2 Å². The number of ether oxygens (including phenoxy) is 1. The van der Waals surface area contributed by atoms with E-state index in [4.69, 9.17) is 4.74 Å². The number of nitrogens with one attached hydrogen (secondary N) is 1. The molecule has 2 rings (SSSR count). The zero-order valence-electron chi connectivity index (χ0n) is 10.8. The fraction of sp³-hybridized carbons (Fsp3) is 0.125. The Morgan fingerprint density at radius 2 is 1.79 bits per heavy atom. The van der Waals surface area contributed by atoms with Gasteiger partial charge in [0.05, 0.1) is 5.56 Å². The first-order valence-electron chi connectivity index (χ1n) is 6.17. The van der Waals surface area contributed by atoms with Gasteiger partial charge in [-0.1, -0.05) is 30.3 Å². The molecule has 0 saturated heterocycles. The highest BCUT2D eigenvalue weighted by molar-refractivity contribution is 5.67. The molecule has 0 aromatic heterocycles. The second kappa shape index (κ2) is 6.61. The second-order valence-corrected chi connectivity index (χ2v) is 4.06. The van der Waals surface area contributed by atoms with Gasteiger partial charge in [-0.15, -0.1) is 0 Å².